The number of carbonyl (C=O) groups excluding carboxylic acids is 1. The molecule has 0 aliphatic carbocycles. The van der Waals surface area contributed by atoms with Gasteiger partial charge in [0.1, 0.15) is 0 Å². The predicted octanol–water partition coefficient (Wildman–Crippen LogP) is 1.69. The molecule has 0 bridgehead atoms. The molecule has 25 heavy (non-hydrogen) atoms. The number of sulfonamides is 1. The maximum absolute atomic E-state index is 13.0. The molecule has 3 rings (SSSR count). The quantitative estimate of drug-likeness (QED) is 0.881. The van der Waals surface area contributed by atoms with Crippen LogP contribution < -0.4 is 5.32 Å². The zero-order chi connectivity index (χ0) is 17.9. The van der Waals surface area contributed by atoms with E-state index in [9.17, 15) is 13.2 Å². The largest absolute Gasteiger partial charge is 0.338 e. The SMILES string of the molecule is CNC1CCN(C(=O)c2ccccc2S(=O)(=O)N2CCCCC2)CC1. The molecule has 6 nitrogen and oxygen atoms in total. The molecule has 138 valence electrons. The van der Waals surface area contributed by atoms with Crippen LogP contribution in [0.3, 0.4) is 0 Å². The second-order valence-electron chi connectivity index (χ2n) is 6.82. The number of rotatable bonds is 4. The molecule has 1 aromatic carbocycles. The fraction of sp³-hybridized carbons (Fsp3) is 0.611. The monoisotopic (exact) mass is 365 g/mol. The molecule has 0 saturated carbocycles. The lowest BCUT2D eigenvalue weighted by atomic mass is 10.0. The van der Waals surface area contributed by atoms with E-state index in [4.69, 9.17) is 0 Å². The van der Waals surface area contributed by atoms with Crippen LogP contribution in [-0.4, -0.2) is 62.8 Å². The summed E-state index contributed by atoms with van der Waals surface area (Å²) in [5.41, 5.74) is 0.302. The van der Waals surface area contributed by atoms with Gasteiger partial charge in [-0.05, 0) is 44.9 Å². The van der Waals surface area contributed by atoms with E-state index in [1.165, 1.54) is 4.31 Å². The van der Waals surface area contributed by atoms with Crippen molar-refractivity contribution in [3.05, 3.63) is 29.8 Å². The minimum Gasteiger partial charge on any atom is -0.338 e. The Morgan fingerprint density at radius 2 is 1.68 bits per heavy atom. The molecule has 0 aromatic heterocycles. The number of likely N-dealkylation sites (tertiary alicyclic amines) is 1. The second kappa shape index (κ2) is 7.85. The Hall–Kier alpha value is -1.44. The molecule has 2 fully saturated rings. The lowest BCUT2D eigenvalue weighted by molar-refractivity contribution is 0.0703. The standard InChI is InChI=1S/C18H27N3O3S/c1-19-15-9-13-20(14-10-15)18(22)16-7-3-4-8-17(16)25(23,24)21-11-5-2-6-12-21/h3-4,7-8,15,19H,2,5-6,9-14H2,1H3. The first-order valence-electron chi connectivity index (χ1n) is 9.10. The number of hydrogen-bond acceptors (Lipinski definition) is 4. The van der Waals surface area contributed by atoms with Crippen LogP contribution in [0.15, 0.2) is 29.2 Å². The third kappa shape index (κ3) is 3.88. The number of nitrogens with one attached hydrogen (secondary N) is 1. The molecule has 0 atom stereocenters. The first kappa shape index (κ1) is 18.4. The van der Waals surface area contributed by atoms with Crippen LogP contribution in [-0.2, 0) is 10.0 Å². The van der Waals surface area contributed by atoms with E-state index >= 15 is 0 Å². The van der Waals surface area contributed by atoms with Gasteiger partial charge in [-0.2, -0.15) is 4.31 Å². The first-order chi connectivity index (χ1) is 12.0. The molecule has 0 spiro atoms. The average molecular weight is 365 g/mol. The van der Waals surface area contributed by atoms with E-state index in [2.05, 4.69) is 5.32 Å². The minimum atomic E-state index is -3.62. The number of amides is 1. The number of hydrogen-bond donors (Lipinski definition) is 1. The molecule has 0 radical (unpaired) electrons. The maximum atomic E-state index is 13.0. The molecule has 1 N–H and O–H groups in total. The molecule has 1 aromatic rings. The molecule has 2 saturated heterocycles. The van der Waals surface area contributed by atoms with E-state index < -0.39 is 10.0 Å². The molecule has 0 unspecified atom stereocenters. The van der Waals surface area contributed by atoms with Gasteiger partial charge < -0.3 is 10.2 Å². The van der Waals surface area contributed by atoms with Crippen molar-refractivity contribution in [2.75, 3.05) is 33.2 Å². The highest BCUT2D eigenvalue weighted by atomic mass is 32.2. The highest BCUT2D eigenvalue weighted by molar-refractivity contribution is 7.89. The minimum absolute atomic E-state index is 0.151. The summed E-state index contributed by atoms with van der Waals surface area (Å²) in [6, 6.07) is 7.07. The number of carbonyl (C=O) groups is 1. The zero-order valence-corrected chi connectivity index (χ0v) is 15.6. The van der Waals surface area contributed by atoms with Crippen LogP contribution in [0.5, 0.6) is 0 Å². The number of nitrogens with zero attached hydrogens (tertiary/aromatic N) is 2. The summed E-state index contributed by atoms with van der Waals surface area (Å²) in [5.74, 6) is -0.175. The lowest BCUT2D eigenvalue weighted by Gasteiger charge is -2.32. The van der Waals surface area contributed by atoms with Crippen molar-refractivity contribution >= 4 is 15.9 Å². The van der Waals surface area contributed by atoms with E-state index in [1.807, 2.05) is 7.05 Å². The van der Waals surface area contributed by atoms with Crippen molar-refractivity contribution in [1.29, 1.82) is 0 Å². The summed E-state index contributed by atoms with van der Waals surface area (Å²) in [6.07, 6.45) is 4.61. The fourth-order valence-corrected chi connectivity index (χ4v) is 5.36. The van der Waals surface area contributed by atoms with Gasteiger partial charge in [0.25, 0.3) is 5.91 Å². The van der Waals surface area contributed by atoms with Crippen molar-refractivity contribution in [2.24, 2.45) is 0 Å². The lowest BCUT2D eigenvalue weighted by Crippen LogP contribution is -2.44. The van der Waals surface area contributed by atoms with Crippen molar-refractivity contribution in [3.8, 4) is 0 Å². The van der Waals surface area contributed by atoms with Gasteiger partial charge in [0.15, 0.2) is 0 Å². The van der Waals surface area contributed by atoms with E-state index in [0.717, 1.165) is 32.1 Å². The Morgan fingerprint density at radius 1 is 1.04 bits per heavy atom. The fourth-order valence-electron chi connectivity index (χ4n) is 3.65. The van der Waals surface area contributed by atoms with Gasteiger partial charge >= 0.3 is 0 Å². The first-order valence-corrected chi connectivity index (χ1v) is 10.5. The highest BCUT2D eigenvalue weighted by Gasteiger charge is 2.32. The Balaban J connectivity index is 1.84. The molecule has 1 amide bonds. The maximum Gasteiger partial charge on any atom is 0.255 e. The van der Waals surface area contributed by atoms with Gasteiger partial charge in [-0.1, -0.05) is 18.6 Å². The third-order valence-corrected chi connectivity index (χ3v) is 7.20. The van der Waals surface area contributed by atoms with Gasteiger partial charge in [-0.15, -0.1) is 0 Å². The van der Waals surface area contributed by atoms with E-state index in [0.29, 0.717) is 37.8 Å². The van der Waals surface area contributed by atoms with Gasteiger partial charge in [-0.25, -0.2) is 8.42 Å². The summed E-state index contributed by atoms with van der Waals surface area (Å²) in [5, 5.41) is 3.24. The van der Waals surface area contributed by atoms with Crippen LogP contribution in [0.1, 0.15) is 42.5 Å². The molecule has 7 heteroatoms. The summed E-state index contributed by atoms with van der Waals surface area (Å²) in [7, 11) is -1.69. The van der Waals surface area contributed by atoms with Crippen molar-refractivity contribution in [1.82, 2.24) is 14.5 Å². The molecular weight excluding hydrogens is 338 g/mol. The van der Waals surface area contributed by atoms with Crippen molar-refractivity contribution in [3.63, 3.8) is 0 Å². The van der Waals surface area contributed by atoms with Crippen molar-refractivity contribution < 1.29 is 13.2 Å². The summed E-state index contributed by atoms with van der Waals surface area (Å²) >= 11 is 0. The highest BCUT2D eigenvalue weighted by Crippen LogP contribution is 2.25. The zero-order valence-electron chi connectivity index (χ0n) is 14.8. The predicted molar refractivity (Wildman–Crippen MR) is 97.0 cm³/mol. The molecule has 2 heterocycles. The normalized spacial score (nSPS) is 20.6. The summed E-state index contributed by atoms with van der Waals surface area (Å²) in [6.45, 7) is 2.39. The van der Waals surface area contributed by atoms with Crippen LogP contribution in [0.4, 0.5) is 0 Å². The van der Waals surface area contributed by atoms with Gasteiger partial charge in [-0.3, -0.25) is 4.79 Å². The number of benzene rings is 1. The average Bonchev–Trinajstić information content (AvgIpc) is 2.68. The van der Waals surface area contributed by atoms with Crippen LogP contribution >= 0.6 is 0 Å². The van der Waals surface area contributed by atoms with Crippen LogP contribution in [0, 0.1) is 0 Å². The Kier molecular flexibility index (Phi) is 5.76. The van der Waals surface area contributed by atoms with E-state index in [-0.39, 0.29) is 10.8 Å². The summed E-state index contributed by atoms with van der Waals surface area (Å²) in [4.78, 5) is 14.9. The molecule has 2 aliphatic rings. The Morgan fingerprint density at radius 3 is 2.32 bits per heavy atom. The number of piperidine rings is 2. The third-order valence-electron chi connectivity index (χ3n) is 5.24. The van der Waals surface area contributed by atoms with Gasteiger partial charge in [0.05, 0.1) is 10.5 Å². The smallest absolute Gasteiger partial charge is 0.255 e. The summed E-state index contributed by atoms with van der Waals surface area (Å²) < 4.78 is 27.6. The van der Waals surface area contributed by atoms with Crippen LogP contribution in [0.25, 0.3) is 0 Å². The Labute approximate surface area is 150 Å². The topological polar surface area (TPSA) is 69.7 Å². The second-order valence-corrected chi connectivity index (χ2v) is 8.72. The molecular formula is C18H27N3O3S. The van der Waals surface area contributed by atoms with Gasteiger partial charge in [0.2, 0.25) is 10.0 Å². The van der Waals surface area contributed by atoms with E-state index in [1.54, 1.807) is 29.2 Å². The van der Waals surface area contributed by atoms with Crippen LogP contribution in [0.2, 0.25) is 0 Å². The Bertz CT molecular complexity index is 706. The van der Waals surface area contributed by atoms with Crippen molar-refractivity contribution in [2.45, 2.75) is 43.0 Å². The molecule has 2 aliphatic heterocycles. The van der Waals surface area contributed by atoms with Gasteiger partial charge in [0, 0.05) is 32.2 Å².